The molecule has 0 saturated heterocycles. The highest BCUT2D eigenvalue weighted by Crippen LogP contribution is 2.33. The van der Waals surface area contributed by atoms with E-state index in [9.17, 15) is 18.0 Å². The summed E-state index contributed by atoms with van der Waals surface area (Å²) < 4.78 is 41.6. The Kier molecular flexibility index (Phi) is 6.72. The van der Waals surface area contributed by atoms with Crippen LogP contribution in [0.5, 0.6) is 0 Å². The van der Waals surface area contributed by atoms with Gasteiger partial charge in [-0.2, -0.15) is 13.2 Å². The number of carbonyl (C=O) groups excluding carboxylic acids is 1. The van der Waals surface area contributed by atoms with Crippen LogP contribution in [-0.4, -0.2) is 33.3 Å². The van der Waals surface area contributed by atoms with E-state index in [2.05, 4.69) is 0 Å². The van der Waals surface area contributed by atoms with Crippen LogP contribution in [0, 0.1) is 0 Å². The number of carbonyl (C=O) groups is 1. The van der Waals surface area contributed by atoms with E-state index in [4.69, 9.17) is 4.98 Å². The van der Waals surface area contributed by atoms with Gasteiger partial charge in [0.1, 0.15) is 5.65 Å². The van der Waals surface area contributed by atoms with Gasteiger partial charge in [-0.15, -0.1) is 0 Å². The third-order valence-corrected chi connectivity index (χ3v) is 5.98. The van der Waals surface area contributed by atoms with Crippen molar-refractivity contribution in [2.75, 3.05) is 13.1 Å². The van der Waals surface area contributed by atoms with Crippen LogP contribution >= 0.6 is 0 Å². The molecular weight excluding hydrogens is 439 g/mol. The van der Waals surface area contributed by atoms with Gasteiger partial charge in [0.25, 0.3) is 0 Å². The molecule has 2 aromatic carbocycles. The zero-order valence-electron chi connectivity index (χ0n) is 19.1. The maximum Gasteiger partial charge on any atom is 0.416 e. The first-order valence-electron chi connectivity index (χ1n) is 11.3. The molecule has 0 aliphatic rings. The molecule has 0 N–H and O–H groups in total. The van der Waals surface area contributed by atoms with Crippen molar-refractivity contribution >= 4 is 11.6 Å². The first kappa shape index (κ1) is 23.5. The molecule has 0 aliphatic heterocycles. The number of pyridine rings is 1. The van der Waals surface area contributed by atoms with Gasteiger partial charge < -0.3 is 9.30 Å². The maximum absolute atomic E-state index is 13.2. The highest BCUT2D eigenvalue weighted by atomic mass is 19.4. The molecule has 1 amide bonds. The van der Waals surface area contributed by atoms with Gasteiger partial charge in [0.05, 0.1) is 17.0 Å². The summed E-state index contributed by atoms with van der Waals surface area (Å²) in [4.78, 5) is 19.3. The molecule has 4 aromatic rings. The molecule has 0 unspecified atom stereocenters. The highest BCUT2D eigenvalue weighted by Gasteiger charge is 2.30. The van der Waals surface area contributed by atoms with Crippen LogP contribution in [0.4, 0.5) is 13.2 Å². The largest absolute Gasteiger partial charge is 0.416 e. The zero-order valence-corrected chi connectivity index (χ0v) is 19.1. The van der Waals surface area contributed by atoms with Crippen molar-refractivity contribution in [3.05, 3.63) is 84.2 Å². The summed E-state index contributed by atoms with van der Waals surface area (Å²) in [6, 6.07) is 18.6. The number of fused-ring (bicyclic) bond motifs is 1. The molecule has 34 heavy (non-hydrogen) atoms. The molecule has 0 saturated carbocycles. The Bertz CT molecular complexity index is 1290. The van der Waals surface area contributed by atoms with Crippen molar-refractivity contribution in [2.24, 2.45) is 0 Å². The summed E-state index contributed by atoms with van der Waals surface area (Å²) in [7, 11) is 0. The molecule has 4 rings (SSSR count). The van der Waals surface area contributed by atoms with E-state index in [0.717, 1.165) is 29.1 Å². The van der Waals surface area contributed by atoms with Crippen LogP contribution in [0.25, 0.3) is 28.0 Å². The Labute approximate surface area is 196 Å². The number of rotatable bonds is 7. The molecular formula is C27H26F3N3O. The minimum Gasteiger partial charge on any atom is -0.343 e. The first-order chi connectivity index (χ1) is 16.3. The monoisotopic (exact) mass is 465 g/mol. The van der Waals surface area contributed by atoms with E-state index in [-0.39, 0.29) is 5.91 Å². The fraction of sp³-hybridized carbons (Fsp3) is 0.259. The highest BCUT2D eigenvalue weighted by molar-refractivity contribution is 5.77. The number of aromatic nitrogens is 2. The smallest absolute Gasteiger partial charge is 0.343 e. The Morgan fingerprint density at radius 3 is 2.29 bits per heavy atom. The third kappa shape index (κ3) is 4.83. The predicted octanol–water partition coefficient (Wildman–Crippen LogP) is 6.49. The Morgan fingerprint density at radius 1 is 0.912 bits per heavy atom. The number of imidazole rings is 1. The molecule has 4 nitrogen and oxygen atoms in total. The number of nitrogens with zero attached hydrogens (tertiary/aromatic N) is 3. The van der Waals surface area contributed by atoms with Gasteiger partial charge in [-0.1, -0.05) is 42.5 Å². The molecule has 0 radical (unpaired) electrons. The maximum atomic E-state index is 13.2. The SMILES string of the molecule is CCN(CC)C(=O)CCc1c(-c2ccccc2)nc2ccc(-c3cccc(C(F)(F)F)c3)cn12. The van der Waals surface area contributed by atoms with Crippen LogP contribution in [0.3, 0.4) is 0 Å². The van der Waals surface area contributed by atoms with Crippen molar-refractivity contribution < 1.29 is 18.0 Å². The number of hydrogen-bond acceptors (Lipinski definition) is 2. The minimum absolute atomic E-state index is 0.0630. The lowest BCUT2D eigenvalue weighted by atomic mass is 10.0. The average Bonchev–Trinajstić information content (AvgIpc) is 3.21. The number of halogens is 3. The van der Waals surface area contributed by atoms with Crippen molar-refractivity contribution in [1.82, 2.24) is 14.3 Å². The van der Waals surface area contributed by atoms with Crippen LogP contribution in [0.15, 0.2) is 72.9 Å². The molecule has 0 spiro atoms. The summed E-state index contributed by atoms with van der Waals surface area (Å²) in [5.74, 6) is 0.0630. The Hall–Kier alpha value is -3.61. The second-order valence-corrected chi connectivity index (χ2v) is 8.06. The molecule has 0 fully saturated rings. The minimum atomic E-state index is -4.41. The van der Waals surface area contributed by atoms with Crippen LogP contribution < -0.4 is 0 Å². The molecule has 0 bridgehead atoms. The van der Waals surface area contributed by atoms with Gasteiger partial charge in [0, 0.05) is 31.3 Å². The quantitative estimate of drug-likeness (QED) is 0.313. The summed E-state index contributed by atoms with van der Waals surface area (Å²) in [6.07, 6.45) is -1.82. The fourth-order valence-electron chi connectivity index (χ4n) is 4.17. The topological polar surface area (TPSA) is 37.6 Å². The lowest BCUT2D eigenvalue weighted by molar-refractivity contribution is -0.137. The van der Waals surface area contributed by atoms with Crippen molar-refractivity contribution in [3.8, 4) is 22.4 Å². The lowest BCUT2D eigenvalue weighted by Gasteiger charge is -2.18. The molecule has 2 heterocycles. The number of benzene rings is 2. The van der Waals surface area contributed by atoms with Gasteiger partial charge in [0.15, 0.2) is 0 Å². The Morgan fingerprint density at radius 2 is 1.62 bits per heavy atom. The van der Waals surface area contributed by atoms with Crippen LogP contribution in [0.1, 0.15) is 31.5 Å². The lowest BCUT2D eigenvalue weighted by Crippen LogP contribution is -2.30. The number of hydrogen-bond donors (Lipinski definition) is 0. The third-order valence-electron chi connectivity index (χ3n) is 5.98. The first-order valence-corrected chi connectivity index (χ1v) is 11.3. The zero-order chi connectivity index (χ0) is 24.3. The van der Waals surface area contributed by atoms with Gasteiger partial charge >= 0.3 is 6.18 Å². The summed E-state index contributed by atoms with van der Waals surface area (Å²) in [5.41, 5.74) is 3.66. The second-order valence-electron chi connectivity index (χ2n) is 8.06. The molecule has 0 aliphatic carbocycles. The molecule has 7 heteroatoms. The van der Waals surface area contributed by atoms with Gasteiger partial charge in [-0.05, 0) is 55.7 Å². The van der Waals surface area contributed by atoms with Gasteiger partial charge in [-0.25, -0.2) is 4.98 Å². The molecule has 2 aromatic heterocycles. The van der Waals surface area contributed by atoms with Gasteiger partial charge in [0.2, 0.25) is 5.91 Å². The second kappa shape index (κ2) is 9.71. The van der Waals surface area contributed by atoms with Crippen LogP contribution in [-0.2, 0) is 17.4 Å². The van der Waals surface area contributed by atoms with E-state index in [1.807, 2.05) is 54.8 Å². The van der Waals surface area contributed by atoms with E-state index >= 15 is 0 Å². The summed E-state index contributed by atoms with van der Waals surface area (Å²) in [5, 5.41) is 0. The number of aryl methyl sites for hydroxylation is 1. The van der Waals surface area contributed by atoms with Crippen molar-refractivity contribution in [2.45, 2.75) is 32.9 Å². The molecule has 176 valence electrons. The normalized spacial score (nSPS) is 11.7. The summed E-state index contributed by atoms with van der Waals surface area (Å²) >= 11 is 0. The van der Waals surface area contributed by atoms with E-state index < -0.39 is 11.7 Å². The number of alkyl halides is 3. The molecule has 0 atom stereocenters. The van der Waals surface area contributed by atoms with E-state index in [0.29, 0.717) is 42.7 Å². The van der Waals surface area contributed by atoms with Crippen molar-refractivity contribution in [3.63, 3.8) is 0 Å². The Balaban J connectivity index is 1.79. The van der Waals surface area contributed by atoms with Crippen molar-refractivity contribution in [1.29, 1.82) is 0 Å². The summed E-state index contributed by atoms with van der Waals surface area (Å²) in [6.45, 7) is 5.19. The van der Waals surface area contributed by atoms with E-state index in [1.165, 1.54) is 6.07 Å². The van der Waals surface area contributed by atoms with Crippen LogP contribution in [0.2, 0.25) is 0 Å². The van der Waals surface area contributed by atoms with E-state index in [1.54, 1.807) is 23.1 Å². The van der Waals surface area contributed by atoms with Gasteiger partial charge in [-0.3, -0.25) is 4.79 Å². The number of amides is 1. The average molecular weight is 466 g/mol. The fourth-order valence-corrected chi connectivity index (χ4v) is 4.17. The predicted molar refractivity (Wildman–Crippen MR) is 127 cm³/mol. The standard InChI is InChI=1S/C27H26F3N3O/c1-3-32(4-2)25(34)16-14-23-26(19-9-6-5-7-10-19)31-24-15-13-21(18-33(23)24)20-11-8-12-22(17-20)27(28,29)30/h5-13,15,17-18H,3-4,14,16H2,1-2H3.